The molecule has 490 valence electrons. The van der Waals surface area contributed by atoms with Crippen molar-refractivity contribution in [2.24, 2.45) is 0 Å². The maximum atomic E-state index is 14.9. The van der Waals surface area contributed by atoms with Crippen LogP contribution in [-0.2, 0) is 0 Å². The van der Waals surface area contributed by atoms with E-state index in [0.717, 1.165) is 157 Å². The first kappa shape index (κ1) is 61.1. The summed E-state index contributed by atoms with van der Waals surface area (Å²) in [7, 11) is 0. The Kier molecular flexibility index (Phi) is 15.2. The van der Waals surface area contributed by atoms with E-state index in [2.05, 4.69) is 429 Å². The first-order chi connectivity index (χ1) is 51.5. The van der Waals surface area contributed by atoms with Gasteiger partial charge in [-0.2, -0.15) is 0 Å². The summed E-state index contributed by atoms with van der Waals surface area (Å²) in [5.74, 6) is 0.0346. The van der Waals surface area contributed by atoms with Gasteiger partial charge in [0.25, 0.3) is 0 Å². The number of rotatable bonds is 16. The summed E-state index contributed by atoms with van der Waals surface area (Å²) in [4.78, 5) is 24.2. The fraction of sp³-hybridized carbons (Fsp3) is 0. The quantitative estimate of drug-likeness (QED) is 0.0964. The molecule has 0 spiro atoms. The molecule has 19 rings (SSSR count). The van der Waals surface area contributed by atoms with Crippen molar-refractivity contribution in [3.63, 3.8) is 0 Å². The van der Waals surface area contributed by atoms with Gasteiger partial charge in [0.15, 0.2) is 5.78 Å². The van der Waals surface area contributed by atoms with Gasteiger partial charge in [-0.25, -0.2) is 0 Å². The monoisotopic (exact) mass is 1330 g/mol. The molecule has 1 aliphatic rings. The molecule has 7 nitrogen and oxygen atoms in total. The van der Waals surface area contributed by atoms with Crippen LogP contribution in [-0.4, -0.2) is 14.9 Å². The molecule has 0 fully saturated rings. The molecule has 1 aliphatic carbocycles. The lowest BCUT2D eigenvalue weighted by Crippen LogP contribution is -2.09. The number of hydrogen-bond acceptors (Lipinski definition) is 5. The minimum Gasteiger partial charge on any atom is -0.310 e. The molecule has 0 aliphatic heterocycles. The normalized spacial score (nSPS) is 11.7. The van der Waals surface area contributed by atoms with Crippen LogP contribution in [0.1, 0.15) is 15.9 Å². The van der Waals surface area contributed by atoms with Crippen LogP contribution >= 0.6 is 0 Å². The molecule has 2 heterocycles. The summed E-state index contributed by atoms with van der Waals surface area (Å²) in [6.07, 6.45) is 0. The van der Waals surface area contributed by atoms with E-state index in [-0.39, 0.29) is 5.78 Å². The van der Waals surface area contributed by atoms with Crippen molar-refractivity contribution in [3.05, 3.63) is 412 Å². The summed E-state index contributed by atoms with van der Waals surface area (Å²) in [6.45, 7) is 0. The summed E-state index contributed by atoms with van der Waals surface area (Å²) in [6, 6.07) is 142. The Balaban J connectivity index is 0.650. The zero-order chi connectivity index (χ0) is 69.0. The van der Waals surface area contributed by atoms with Crippen LogP contribution in [0.2, 0.25) is 0 Å². The zero-order valence-corrected chi connectivity index (χ0v) is 56.7. The molecule has 0 unspecified atom stereocenters. The van der Waals surface area contributed by atoms with E-state index in [1.54, 1.807) is 0 Å². The van der Waals surface area contributed by atoms with Crippen LogP contribution in [0, 0.1) is 0 Å². The van der Waals surface area contributed by atoms with E-state index < -0.39 is 0 Å². The van der Waals surface area contributed by atoms with Crippen LogP contribution in [0.25, 0.3) is 88.4 Å². The van der Waals surface area contributed by atoms with Crippen molar-refractivity contribution in [3.8, 4) is 44.8 Å². The van der Waals surface area contributed by atoms with E-state index in [1.807, 2.05) is 0 Å². The molecule has 0 saturated carbocycles. The van der Waals surface area contributed by atoms with Gasteiger partial charge in [-0.05, 0) is 240 Å². The molecule has 0 bridgehead atoms. The highest BCUT2D eigenvalue weighted by atomic mass is 16.1. The molecule has 0 atom stereocenters. The molecule has 18 aromatic rings. The lowest BCUT2D eigenvalue weighted by molar-refractivity contribution is 0.104. The second kappa shape index (κ2) is 25.9. The van der Waals surface area contributed by atoms with Crippen molar-refractivity contribution in [2.45, 2.75) is 0 Å². The first-order valence-corrected chi connectivity index (χ1v) is 35.3. The van der Waals surface area contributed by atoms with E-state index >= 15 is 0 Å². The Morgan fingerprint density at radius 1 is 0.173 bits per heavy atom. The average Bonchev–Trinajstić information content (AvgIpc) is 1.58. The van der Waals surface area contributed by atoms with E-state index in [9.17, 15) is 4.79 Å². The Bertz CT molecular complexity index is 5390. The molecule has 7 heteroatoms. The smallest absolute Gasteiger partial charge is 0.194 e. The fourth-order valence-electron chi connectivity index (χ4n) is 15.6. The third-order valence-corrected chi connectivity index (χ3v) is 20.3. The number of benzene rings is 16. The second-order valence-corrected chi connectivity index (χ2v) is 26.4. The maximum absolute atomic E-state index is 14.9. The van der Waals surface area contributed by atoms with Gasteiger partial charge in [0, 0.05) is 112 Å². The number of fused-ring (bicyclic) bond motifs is 9. The van der Waals surface area contributed by atoms with Gasteiger partial charge >= 0.3 is 0 Å². The predicted octanol–water partition coefficient (Wildman–Crippen LogP) is 26.3. The Hall–Kier alpha value is -14.0. The topological polar surface area (TPSA) is 39.9 Å². The summed E-state index contributed by atoms with van der Waals surface area (Å²) < 4.78 is 4.77. The second-order valence-electron chi connectivity index (χ2n) is 26.4. The lowest BCUT2D eigenvalue weighted by atomic mass is 9.98. The van der Waals surface area contributed by atoms with Gasteiger partial charge in [0.1, 0.15) is 0 Å². The SMILES string of the molecule is O=C1c2cc(-c3ccc(-n4c5ccc(N(c6ccccc6)c6ccccc6)cc5c5cc(N(c6ccccc6)c6ccccc6)ccc54)cc3)ccc2-c2ccc(-c3ccc(-n4c5ccc(N(c6ccccc6)c6ccccc6)cc5c5cc(N(c6ccccc6)c6ccccc6)ccc54)cc3)cc21. The lowest BCUT2D eigenvalue weighted by Gasteiger charge is -2.26. The van der Waals surface area contributed by atoms with Crippen molar-refractivity contribution < 1.29 is 4.79 Å². The molecule has 0 N–H and O–H groups in total. The molecular formula is C97H66N6O. The average molecular weight is 1330 g/mol. The Morgan fingerprint density at radius 3 is 0.606 bits per heavy atom. The molecule has 2 aromatic heterocycles. The summed E-state index contributed by atoms with van der Waals surface area (Å²) in [5, 5.41) is 4.53. The minimum atomic E-state index is 0.0346. The highest BCUT2D eigenvalue weighted by Gasteiger charge is 2.29. The number of hydrogen-bond donors (Lipinski definition) is 0. The number of nitrogens with zero attached hydrogens (tertiary/aromatic N) is 6. The number of carbonyl (C=O) groups excluding carboxylic acids is 1. The largest absolute Gasteiger partial charge is 0.310 e. The van der Waals surface area contributed by atoms with Gasteiger partial charge in [-0.1, -0.05) is 194 Å². The molecule has 16 aromatic carbocycles. The molecular weight excluding hydrogens is 1270 g/mol. The standard InChI is InChI=1S/C97H66N6O/c104-97-91-61-69(67-41-47-79(48-42-67)102-93-57-51-81(98(71-25-9-1-10-26-71)72-27-11-2-12-28-72)63-87(93)88-64-82(52-58-94(88)102)99(73-29-13-3-14-30-73)74-31-15-4-16-32-74)45-55-85(91)86-56-46-70(62-92(86)97)68-43-49-80(50-44-68)103-95-59-53-83(100(75-33-17-5-18-34-75)76-35-19-6-20-36-76)65-89(95)90-66-84(54-60-96(90)103)101(77-37-21-7-22-38-77)78-39-23-8-24-40-78/h1-66H. The maximum Gasteiger partial charge on any atom is 0.194 e. The Morgan fingerprint density at radius 2 is 0.385 bits per heavy atom. The van der Waals surface area contributed by atoms with Crippen LogP contribution in [0.4, 0.5) is 68.2 Å². The number of ketones is 1. The number of carbonyl (C=O) groups is 1. The van der Waals surface area contributed by atoms with Gasteiger partial charge in [-0.15, -0.1) is 0 Å². The highest BCUT2D eigenvalue weighted by Crippen LogP contribution is 2.47. The van der Waals surface area contributed by atoms with Crippen LogP contribution in [0.5, 0.6) is 0 Å². The van der Waals surface area contributed by atoms with Crippen molar-refractivity contribution >= 4 is 118 Å². The van der Waals surface area contributed by atoms with E-state index in [1.165, 1.54) is 0 Å². The van der Waals surface area contributed by atoms with E-state index in [4.69, 9.17) is 0 Å². The highest BCUT2D eigenvalue weighted by molar-refractivity contribution is 6.23. The van der Waals surface area contributed by atoms with Crippen LogP contribution in [0.3, 0.4) is 0 Å². The van der Waals surface area contributed by atoms with Crippen molar-refractivity contribution in [1.29, 1.82) is 0 Å². The minimum absolute atomic E-state index is 0.0346. The van der Waals surface area contributed by atoms with Gasteiger partial charge in [-0.3, -0.25) is 4.79 Å². The summed E-state index contributed by atoms with van der Waals surface area (Å²) >= 11 is 0. The van der Waals surface area contributed by atoms with Crippen molar-refractivity contribution in [2.75, 3.05) is 19.6 Å². The fourth-order valence-corrected chi connectivity index (χ4v) is 15.6. The zero-order valence-electron chi connectivity index (χ0n) is 56.7. The first-order valence-electron chi connectivity index (χ1n) is 35.3. The molecule has 0 radical (unpaired) electrons. The van der Waals surface area contributed by atoms with Gasteiger partial charge in [0.05, 0.1) is 22.1 Å². The summed E-state index contributed by atoms with van der Waals surface area (Å²) in [5.41, 5.74) is 26.7. The van der Waals surface area contributed by atoms with Crippen LogP contribution < -0.4 is 19.6 Å². The van der Waals surface area contributed by atoms with Crippen molar-refractivity contribution in [1.82, 2.24) is 9.13 Å². The number of para-hydroxylation sites is 8. The number of aromatic nitrogens is 2. The number of anilines is 12. The van der Waals surface area contributed by atoms with Crippen LogP contribution in [0.15, 0.2) is 400 Å². The van der Waals surface area contributed by atoms with Gasteiger partial charge in [0.2, 0.25) is 0 Å². The van der Waals surface area contributed by atoms with E-state index in [0.29, 0.717) is 11.1 Å². The predicted molar refractivity (Wildman–Crippen MR) is 434 cm³/mol. The molecule has 0 saturated heterocycles. The Labute approximate surface area is 603 Å². The third-order valence-electron chi connectivity index (χ3n) is 20.3. The van der Waals surface area contributed by atoms with Gasteiger partial charge < -0.3 is 28.7 Å². The molecule has 104 heavy (non-hydrogen) atoms. The molecule has 0 amide bonds. The third kappa shape index (κ3) is 10.8.